The van der Waals surface area contributed by atoms with E-state index in [4.69, 9.17) is 44.9 Å². The van der Waals surface area contributed by atoms with Crippen molar-refractivity contribution in [3.8, 4) is 5.75 Å². The number of aromatic nitrogens is 1. The Bertz CT molecular complexity index is 1580. The van der Waals surface area contributed by atoms with Crippen LogP contribution in [0.4, 0.5) is 11.5 Å². The van der Waals surface area contributed by atoms with Gasteiger partial charge in [0.1, 0.15) is 16.4 Å². The molecule has 15 heteroatoms. The third-order valence-corrected chi connectivity index (χ3v) is 8.43. The fraction of sp³-hybridized carbons (Fsp3) is 0.222. The normalized spacial score (nSPS) is 16.3. The summed E-state index contributed by atoms with van der Waals surface area (Å²) in [6.07, 6.45) is 7.26. The summed E-state index contributed by atoms with van der Waals surface area (Å²) in [5.74, 6) is -0.337. The van der Waals surface area contributed by atoms with Gasteiger partial charge in [-0.25, -0.2) is 9.98 Å². The van der Waals surface area contributed by atoms with Crippen LogP contribution in [0.3, 0.4) is 0 Å². The van der Waals surface area contributed by atoms with E-state index in [1.165, 1.54) is 36.8 Å². The van der Waals surface area contributed by atoms with Crippen LogP contribution in [0.5, 0.6) is 5.75 Å². The molecule has 0 aliphatic carbocycles. The maximum atomic E-state index is 13.5. The van der Waals surface area contributed by atoms with E-state index in [1.807, 2.05) is 22.1 Å². The van der Waals surface area contributed by atoms with Crippen molar-refractivity contribution >= 4 is 81.6 Å². The van der Waals surface area contributed by atoms with Crippen molar-refractivity contribution in [2.45, 2.75) is 19.3 Å². The number of hydrogen-bond donors (Lipinski definition) is 4. The number of guanidine groups is 1. The van der Waals surface area contributed by atoms with E-state index in [0.29, 0.717) is 29.6 Å². The molecule has 1 atom stereocenters. The van der Waals surface area contributed by atoms with E-state index < -0.39 is 18.1 Å². The first-order chi connectivity index (χ1) is 20.2. The number of carbonyl (C=O) groups excluding carboxylic acids is 2. The number of aliphatic imine (C=N–C) groups is 1. The number of halogens is 3. The van der Waals surface area contributed by atoms with Crippen LogP contribution in [0.1, 0.15) is 32.0 Å². The molecule has 5 rings (SSSR count). The highest BCUT2D eigenvalue weighted by molar-refractivity contribution is 7.13. The van der Waals surface area contributed by atoms with Crippen molar-refractivity contribution < 1.29 is 14.3 Å². The summed E-state index contributed by atoms with van der Waals surface area (Å²) in [7, 11) is 1.41. The number of nitrogens with one attached hydrogen (secondary N) is 4. The van der Waals surface area contributed by atoms with Crippen molar-refractivity contribution in [3.05, 3.63) is 79.2 Å². The van der Waals surface area contributed by atoms with Gasteiger partial charge in [-0.2, -0.15) is 0 Å². The molecule has 0 radical (unpaired) electrons. The molecular weight excluding hydrogens is 623 g/mol. The van der Waals surface area contributed by atoms with E-state index in [0.717, 1.165) is 13.0 Å². The van der Waals surface area contributed by atoms with Crippen molar-refractivity contribution in [1.82, 2.24) is 20.1 Å². The number of nitrogens with zero attached hydrogens (tertiary/aromatic N) is 4. The Labute approximate surface area is 260 Å². The molecule has 42 heavy (non-hydrogen) atoms. The lowest BCUT2D eigenvalue weighted by Gasteiger charge is -2.41. The summed E-state index contributed by atoms with van der Waals surface area (Å²) in [5, 5.41) is 19.5. The molecule has 0 bridgehead atoms. The van der Waals surface area contributed by atoms with Gasteiger partial charge in [0.2, 0.25) is 6.29 Å². The largest absolute Gasteiger partial charge is 0.494 e. The minimum absolute atomic E-state index is 0.0640. The first kappa shape index (κ1) is 29.6. The number of methoxy groups -OCH3 is 1. The molecule has 1 saturated heterocycles. The Kier molecular flexibility index (Phi) is 9.17. The van der Waals surface area contributed by atoms with E-state index in [-0.39, 0.29) is 37.7 Å². The molecule has 4 N–H and O–H groups in total. The van der Waals surface area contributed by atoms with Gasteiger partial charge in [-0.05, 0) is 36.1 Å². The predicted molar refractivity (Wildman–Crippen MR) is 167 cm³/mol. The molecule has 0 saturated carbocycles. The second-order valence-electron chi connectivity index (χ2n) is 9.19. The fourth-order valence-corrected chi connectivity index (χ4v) is 5.99. The Balaban J connectivity index is 1.36. The van der Waals surface area contributed by atoms with Gasteiger partial charge in [0.25, 0.3) is 11.8 Å². The molecule has 11 nitrogen and oxygen atoms in total. The number of anilines is 2. The molecule has 3 aromatic rings. The molecule has 1 fully saturated rings. The maximum absolute atomic E-state index is 13.5. The summed E-state index contributed by atoms with van der Waals surface area (Å²) >= 11 is 20.0. The molecule has 4 heterocycles. The SMILES string of the molecule is COc1cc(Cl)cc(C(=O)Nc2ccc(Cl)cn2)c1NC(=O)c1scc(CN2C=CC=NC2N2CCCNC2=N)c1Cl. The van der Waals surface area contributed by atoms with Crippen LogP contribution in [0, 0.1) is 5.41 Å². The van der Waals surface area contributed by atoms with E-state index in [2.05, 4.69) is 25.9 Å². The predicted octanol–water partition coefficient (Wildman–Crippen LogP) is 5.53. The Morgan fingerprint density at radius 3 is 2.76 bits per heavy atom. The van der Waals surface area contributed by atoms with Crippen LogP contribution in [0.2, 0.25) is 15.1 Å². The van der Waals surface area contributed by atoms with Gasteiger partial charge in [-0.15, -0.1) is 11.3 Å². The topological polar surface area (TPSA) is 135 Å². The van der Waals surface area contributed by atoms with Crippen LogP contribution < -0.4 is 20.7 Å². The number of amides is 2. The number of thiophene rings is 1. The number of benzene rings is 1. The quantitative estimate of drug-likeness (QED) is 0.253. The highest BCUT2D eigenvalue weighted by atomic mass is 35.5. The lowest BCUT2D eigenvalue weighted by atomic mass is 10.1. The van der Waals surface area contributed by atoms with Gasteiger partial charge in [0, 0.05) is 54.9 Å². The number of allylic oxidation sites excluding steroid dienone is 1. The smallest absolute Gasteiger partial charge is 0.267 e. The molecule has 2 aliphatic heterocycles. The third kappa shape index (κ3) is 6.46. The van der Waals surface area contributed by atoms with Crippen LogP contribution >= 0.6 is 46.1 Å². The summed E-state index contributed by atoms with van der Waals surface area (Å²) < 4.78 is 5.44. The second kappa shape index (κ2) is 13.0. The maximum Gasteiger partial charge on any atom is 0.267 e. The van der Waals surface area contributed by atoms with Gasteiger partial charge < -0.3 is 30.5 Å². The zero-order valence-corrected chi connectivity index (χ0v) is 25.2. The molecule has 1 unspecified atom stereocenters. The monoisotopic (exact) mass is 646 g/mol. The lowest BCUT2D eigenvalue weighted by molar-refractivity contribution is 0.102. The van der Waals surface area contributed by atoms with Crippen LogP contribution in [0.25, 0.3) is 0 Å². The summed E-state index contributed by atoms with van der Waals surface area (Å²) in [6.45, 7) is 1.79. The first-order valence-corrected chi connectivity index (χ1v) is 14.7. The average molecular weight is 648 g/mol. The van der Waals surface area contributed by atoms with Crippen LogP contribution in [-0.2, 0) is 6.54 Å². The summed E-state index contributed by atoms with van der Waals surface area (Å²) in [6, 6.07) is 6.05. The molecule has 1 aromatic carbocycles. The van der Waals surface area contributed by atoms with Crippen LogP contribution in [-0.4, -0.2) is 65.3 Å². The Morgan fingerprint density at radius 1 is 1.19 bits per heavy atom. The van der Waals surface area contributed by atoms with Gasteiger partial charge in [-0.3, -0.25) is 15.0 Å². The zero-order valence-electron chi connectivity index (χ0n) is 22.2. The fourth-order valence-electron chi connectivity index (χ4n) is 4.42. The van der Waals surface area contributed by atoms with E-state index in [1.54, 1.807) is 23.7 Å². The Morgan fingerprint density at radius 2 is 2.02 bits per heavy atom. The van der Waals surface area contributed by atoms with Crippen molar-refractivity contribution in [2.24, 2.45) is 4.99 Å². The minimum Gasteiger partial charge on any atom is -0.494 e. The highest BCUT2D eigenvalue weighted by Gasteiger charge is 2.29. The van der Waals surface area contributed by atoms with E-state index >= 15 is 0 Å². The second-order valence-corrected chi connectivity index (χ2v) is 11.3. The molecular formula is C27H25Cl3N8O3S. The number of carbonyl (C=O) groups is 2. The molecule has 2 aromatic heterocycles. The standard InChI is InChI=1S/C27H25Cl3N8O3S/c1-41-19-11-17(29)10-18(24(39)35-20-5-4-16(28)12-34-20)22(19)36-25(40)23-21(30)15(14-42-23)13-37-8-2-7-33-27(37)38-9-3-6-32-26(38)31/h2,4-5,7-8,10-12,14,27H,3,6,9,13H2,1H3,(H2,31,32)(H,36,40)(H,34,35,39). The molecule has 2 amide bonds. The van der Waals surface area contributed by atoms with Crippen molar-refractivity contribution in [3.63, 3.8) is 0 Å². The number of hydrogen-bond acceptors (Lipinski definition) is 8. The molecule has 2 aliphatic rings. The first-order valence-electron chi connectivity index (χ1n) is 12.7. The number of ether oxygens (including phenoxy) is 1. The summed E-state index contributed by atoms with van der Waals surface area (Å²) in [4.78, 5) is 39.4. The van der Waals surface area contributed by atoms with Gasteiger partial charge in [-0.1, -0.05) is 34.8 Å². The zero-order chi connectivity index (χ0) is 29.8. The van der Waals surface area contributed by atoms with Crippen molar-refractivity contribution in [1.29, 1.82) is 5.41 Å². The minimum atomic E-state index is -0.569. The van der Waals surface area contributed by atoms with Gasteiger partial charge >= 0.3 is 0 Å². The van der Waals surface area contributed by atoms with Crippen LogP contribution in [0.15, 0.2) is 53.1 Å². The van der Waals surface area contributed by atoms with Gasteiger partial charge in [0.05, 0.1) is 28.4 Å². The average Bonchev–Trinajstić information content (AvgIpc) is 3.35. The van der Waals surface area contributed by atoms with Gasteiger partial charge in [0.15, 0.2) is 5.96 Å². The molecule has 0 spiro atoms. The number of rotatable bonds is 8. The third-order valence-electron chi connectivity index (χ3n) is 6.41. The van der Waals surface area contributed by atoms with Crippen molar-refractivity contribution in [2.75, 3.05) is 30.8 Å². The summed E-state index contributed by atoms with van der Waals surface area (Å²) in [5.41, 5.74) is 0.896. The number of pyridine rings is 1. The Hall–Kier alpha value is -3.84. The van der Waals surface area contributed by atoms with E-state index in [9.17, 15) is 9.59 Å². The highest BCUT2D eigenvalue weighted by Crippen LogP contribution is 2.36. The lowest BCUT2D eigenvalue weighted by Crippen LogP contribution is -2.56. The molecule has 218 valence electrons.